The summed E-state index contributed by atoms with van der Waals surface area (Å²) in [4.78, 5) is 17.7. The number of hydrogen-bond acceptors (Lipinski definition) is 5. The van der Waals surface area contributed by atoms with E-state index in [-0.39, 0.29) is 11.4 Å². The lowest BCUT2D eigenvalue weighted by Crippen LogP contribution is -2.34. The number of nitrogens with zero attached hydrogens (tertiary/aromatic N) is 3. The van der Waals surface area contributed by atoms with Crippen LogP contribution in [0.2, 0.25) is 0 Å². The normalized spacial score (nSPS) is 11.6. The monoisotopic (exact) mass is 494 g/mol. The van der Waals surface area contributed by atoms with Gasteiger partial charge in [0.25, 0.3) is 0 Å². The highest BCUT2D eigenvalue weighted by atomic mass is 79.9. The summed E-state index contributed by atoms with van der Waals surface area (Å²) in [6.07, 6.45) is 3.60. The minimum Gasteiger partial charge on any atom is -0.329 e. The van der Waals surface area contributed by atoms with Gasteiger partial charge in [0.2, 0.25) is 15.9 Å². The van der Waals surface area contributed by atoms with E-state index in [4.69, 9.17) is 0 Å². The molecule has 0 saturated heterocycles. The number of rotatable bonds is 7. The number of nitrogens with one attached hydrogen (secondary N) is 1. The second-order valence-electron chi connectivity index (χ2n) is 6.21. The number of aryl methyl sites for hydroxylation is 1. The molecule has 152 valence electrons. The summed E-state index contributed by atoms with van der Waals surface area (Å²) in [6, 6.07) is 13.6. The minimum absolute atomic E-state index is 0.131. The molecule has 0 spiro atoms. The van der Waals surface area contributed by atoms with Gasteiger partial charge in [0.1, 0.15) is 0 Å². The molecule has 3 aromatic rings. The van der Waals surface area contributed by atoms with Gasteiger partial charge >= 0.3 is 0 Å². The number of benzene rings is 2. The Morgan fingerprint density at radius 3 is 2.41 bits per heavy atom. The van der Waals surface area contributed by atoms with E-state index in [0.717, 1.165) is 18.8 Å². The highest BCUT2D eigenvalue weighted by Gasteiger charge is 2.22. The van der Waals surface area contributed by atoms with Crippen LogP contribution in [0.1, 0.15) is 0 Å². The van der Waals surface area contributed by atoms with Crippen molar-refractivity contribution in [3.63, 3.8) is 0 Å². The van der Waals surface area contributed by atoms with Gasteiger partial charge in [0.05, 0.1) is 11.4 Å². The summed E-state index contributed by atoms with van der Waals surface area (Å²) in [7, 11) is -0.446. The van der Waals surface area contributed by atoms with Gasteiger partial charge in [0, 0.05) is 41.5 Å². The van der Waals surface area contributed by atoms with Gasteiger partial charge in [-0.15, -0.1) is 0 Å². The summed E-state index contributed by atoms with van der Waals surface area (Å²) in [5.74, 6) is -0.419. The van der Waals surface area contributed by atoms with Crippen LogP contribution in [0.4, 0.5) is 5.69 Å². The first kappa shape index (κ1) is 21.6. The molecule has 0 aliphatic heterocycles. The third kappa shape index (κ3) is 5.47. The van der Waals surface area contributed by atoms with Crippen molar-refractivity contribution in [1.29, 1.82) is 0 Å². The molecule has 0 unspecified atom stereocenters. The van der Waals surface area contributed by atoms with E-state index in [1.165, 1.54) is 30.9 Å². The van der Waals surface area contributed by atoms with E-state index in [0.29, 0.717) is 5.69 Å². The van der Waals surface area contributed by atoms with E-state index in [2.05, 4.69) is 26.2 Å². The summed E-state index contributed by atoms with van der Waals surface area (Å²) in [5.41, 5.74) is 0.591. The van der Waals surface area contributed by atoms with Crippen LogP contribution in [-0.2, 0) is 21.9 Å². The van der Waals surface area contributed by atoms with Gasteiger partial charge in [-0.1, -0.05) is 27.7 Å². The molecule has 3 rings (SSSR count). The van der Waals surface area contributed by atoms with Crippen LogP contribution in [0, 0.1) is 0 Å². The summed E-state index contributed by atoms with van der Waals surface area (Å²) >= 11 is 4.78. The third-order valence-corrected chi connectivity index (χ3v) is 7.44. The van der Waals surface area contributed by atoms with Gasteiger partial charge in [-0.2, -0.15) is 4.31 Å². The lowest BCUT2D eigenvalue weighted by molar-refractivity contribution is -0.116. The Morgan fingerprint density at radius 1 is 1.17 bits per heavy atom. The zero-order valence-corrected chi connectivity index (χ0v) is 19.0. The zero-order valence-electron chi connectivity index (χ0n) is 15.7. The molecule has 0 aliphatic carbocycles. The van der Waals surface area contributed by atoms with E-state index in [1.807, 2.05) is 29.9 Å². The Balaban J connectivity index is 1.60. The molecule has 0 saturated carbocycles. The first-order chi connectivity index (χ1) is 13.8. The van der Waals surface area contributed by atoms with Crippen molar-refractivity contribution in [2.24, 2.45) is 7.05 Å². The topological polar surface area (TPSA) is 84.3 Å². The molecular formula is C19H19BrN4O3S2. The van der Waals surface area contributed by atoms with Crippen LogP contribution >= 0.6 is 27.7 Å². The largest absolute Gasteiger partial charge is 0.329 e. The number of anilines is 1. The van der Waals surface area contributed by atoms with Crippen molar-refractivity contribution in [2.75, 3.05) is 18.9 Å². The average Bonchev–Trinajstić information content (AvgIpc) is 3.08. The fourth-order valence-electron chi connectivity index (χ4n) is 2.44. The lowest BCUT2D eigenvalue weighted by Gasteiger charge is -2.17. The number of likely N-dealkylation sites (N-methyl/N-ethyl adjacent to an activating group) is 1. The smallest absolute Gasteiger partial charge is 0.243 e. The Hall–Kier alpha value is -2.14. The molecule has 1 aromatic heterocycles. The molecule has 7 nitrogen and oxygen atoms in total. The van der Waals surface area contributed by atoms with E-state index < -0.39 is 15.9 Å². The van der Waals surface area contributed by atoms with Crippen molar-refractivity contribution in [3.05, 3.63) is 65.4 Å². The number of sulfonamides is 1. The van der Waals surface area contributed by atoms with Gasteiger partial charge < -0.3 is 9.88 Å². The highest BCUT2D eigenvalue weighted by Crippen LogP contribution is 2.26. The Labute approximate surface area is 182 Å². The van der Waals surface area contributed by atoms with E-state index in [1.54, 1.807) is 30.5 Å². The number of amides is 1. The summed E-state index contributed by atoms with van der Waals surface area (Å²) < 4.78 is 28.9. The van der Waals surface area contributed by atoms with Crippen LogP contribution in [-0.4, -0.2) is 41.8 Å². The van der Waals surface area contributed by atoms with Crippen LogP contribution in [0.15, 0.2) is 80.3 Å². The van der Waals surface area contributed by atoms with Crippen LogP contribution in [0.25, 0.3) is 0 Å². The molecule has 0 atom stereocenters. The Bertz CT molecular complexity index is 1100. The fraction of sp³-hybridized carbons (Fsp3) is 0.158. The van der Waals surface area contributed by atoms with Gasteiger partial charge in [-0.25, -0.2) is 13.4 Å². The average molecular weight is 495 g/mol. The SMILES string of the molecule is CN(CC(=O)Nc1ccc(Sc2nccn2C)cc1)S(=O)(=O)c1ccc(Br)cc1. The van der Waals surface area contributed by atoms with Crippen LogP contribution in [0.5, 0.6) is 0 Å². The maximum Gasteiger partial charge on any atom is 0.243 e. The predicted molar refractivity (Wildman–Crippen MR) is 116 cm³/mol. The molecule has 1 amide bonds. The number of carbonyl (C=O) groups is 1. The number of carbonyl (C=O) groups excluding carboxylic acids is 1. The molecule has 1 heterocycles. The first-order valence-corrected chi connectivity index (χ1v) is 11.6. The lowest BCUT2D eigenvalue weighted by atomic mass is 10.3. The van der Waals surface area contributed by atoms with Crippen LogP contribution in [0.3, 0.4) is 0 Å². The molecule has 0 bridgehead atoms. The summed E-state index contributed by atoms with van der Waals surface area (Å²) in [5, 5.41) is 3.58. The minimum atomic E-state index is -3.74. The third-order valence-electron chi connectivity index (χ3n) is 4.01. The number of aromatic nitrogens is 2. The second-order valence-corrected chi connectivity index (χ2v) is 10.2. The highest BCUT2D eigenvalue weighted by molar-refractivity contribution is 9.10. The maximum atomic E-state index is 12.6. The van der Waals surface area contributed by atoms with E-state index in [9.17, 15) is 13.2 Å². The maximum absolute atomic E-state index is 12.6. The van der Waals surface area contributed by atoms with E-state index >= 15 is 0 Å². The molecule has 10 heteroatoms. The number of halogens is 1. The van der Waals surface area contributed by atoms with Gasteiger partial charge in [-0.3, -0.25) is 4.79 Å². The molecule has 0 fully saturated rings. The summed E-state index contributed by atoms with van der Waals surface area (Å²) in [6.45, 7) is -0.290. The quantitative estimate of drug-likeness (QED) is 0.542. The fourth-order valence-corrected chi connectivity index (χ4v) is 4.63. The molecule has 0 aliphatic rings. The van der Waals surface area contributed by atoms with Gasteiger partial charge in [0.15, 0.2) is 5.16 Å². The number of imidazole rings is 1. The molecule has 1 N–H and O–H groups in total. The van der Waals surface area contributed by atoms with Crippen molar-refractivity contribution in [1.82, 2.24) is 13.9 Å². The first-order valence-electron chi connectivity index (χ1n) is 8.53. The van der Waals surface area contributed by atoms with Gasteiger partial charge in [-0.05, 0) is 48.5 Å². The number of hydrogen-bond donors (Lipinski definition) is 1. The Morgan fingerprint density at radius 2 is 1.83 bits per heavy atom. The molecule has 0 radical (unpaired) electrons. The Kier molecular flexibility index (Phi) is 6.78. The molecular weight excluding hydrogens is 476 g/mol. The zero-order chi connectivity index (χ0) is 21.0. The van der Waals surface area contributed by atoms with Crippen LogP contribution < -0.4 is 5.32 Å². The molecule has 2 aromatic carbocycles. The second kappa shape index (κ2) is 9.12. The standard InChI is InChI=1S/C19H19BrN4O3S2/c1-23-12-11-21-19(23)28-16-7-5-15(6-8-16)22-18(25)13-24(2)29(26,27)17-9-3-14(20)4-10-17/h3-12H,13H2,1-2H3,(H,22,25). The van der Waals surface area contributed by atoms with Crippen molar-refractivity contribution in [2.45, 2.75) is 14.9 Å². The molecule has 29 heavy (non-hydrogen) atoms. The van der Waals surface area contributed by atoms with Crippen molar-refractivity contribution in [3.8, 4) is 0 Å². The predicted octanol–water partition coefficient (Wildman–Crippen LogP) is 3.59. The van der Waals surface area contributed by atoms with Crippen molar-refractivity contribution < 1.29 is 13.2 Å². The van der Waals surface area contributed by atoms with Crippen molar-refractivity contribution >= 4 is 49.3 Å².